The Morgan fingerprint density at radius 3 is 0.963 bits per heavy atom. The summed E-state index contributed by atoms with van der Waals surface area (Å²) in [5.41, 5.74) is 0. The molecule has 0 unspecified atom stereocenters. The minimum atomic E-state index is 0.795. The second kappa shape index (κ2) is 21.1. The van der Waals surface area contributed by atoms with Gasteiger partial charge in [-0.15, -0.1) is 70.6 Å². The average Bonchev–Trinajstić information content (AvgIpc) is 4.02. The highest BCUT2D eigenvalue weighted by atomic mass is 32.3. The zero-order chi connectivity index (χ0) is 36.8. The summed E-state index contributed by atoms with van der Waals surface area (Å²) in [6, 6.07) is 0. The van der Waals surface area contributed by atoms with Crippen LogP contribution in [0.25, 0.3) is 0 Å². The van der Waals surface area contributed by atoms with Crippen LogP contribution in [0.4, 0.5) is 0 Å². The highest BCUT2D eigenvalue weighted by Crippen LogP contribution is 2.72. The van der Waals surface area contributed by atoms with Gasteiger partial charge in [0.15, 0.2) is 0 Å². The predicted molar refractivity (Wildman–Crippen MR) is 305 cm³/mol. The summed E-state index contributed by atoms with van der Waals surface area (Å²) in [4.78, 5) is 2.72. The van der Waals surface area contributed by atoms with Crippen LogP contribution in [0.1, 0.15) is 0 Å². The van der Waals surface area contributed by atoms with Crippen LogP contribution < -0.4 is 0 Å². The molecule has 0 atom stereocenters. The Balaban J connectivity index is 0.744. The van der Waals surface area contributed by atoms with Crippen LogP contribution in [0.5, 0.6) is 0 Å². The van der Waals surface area contributed by atoms with Crippen molar-refractivity contribution in [2.75, 3.05) is 34.2 Å². The van der Waals surface area contributed by atoms with Crippen LogP contribution in [-0.2, 0) is 0 Å². The lowest BCUT2D eigenvalue weighted by Crippen LogP contribution is -1.80. The van der Waals surface area contributed by atoms with Gasteiger partial charge in [-0.25, -0.2) is 0 Å². The van der Waals surface area contributed by atoms with Crippen molar-refractivity contribution in [3.05, 3.63) is 110 Å². The van der Waals surface area contributed by atoms with E-state index in [4.69, 9.17) is 0 Å². The summed E-state index contributed by atoms with van der Waals surface area (Å²) in [7, 11) is 0. The van der Waals surface area contributed by atoms with Crippen molar-refractivity contribution in [1.29, 1.82) is 0 Å². The average molecular weight is 1150 g/mol. The van der Waals surface area contributed by atoms with Gasteiger partial charge in [0.25, 0.3) is 0 Å². The van der Waals surface area contributed by atoms with Gasteiger partial charge in [-0.1, -0.05) is 188 Å². The third-order valence-electron chi connectivity index (χ3n) is 6.70. The molecule has 0 fully saturated rings. The first-order valence-corrected chi connectivity index (χ1v) is 35.6. The van der Waals surface area contributed by atoms with E-state index in [2.05, 4.69) is 62.1 Å². The standard InChI is InChI=1S/C30H20S24/c1-33-17-18(34-2)42-13(41-17)3-5-15-47-26-27(48-15)54-30(53-26)29-49-21-22(50-29)38-10-36-20-19(35-9-37-21)43-14(44-20)4-6-16-45-24-25(46-16)52-28(51-24)23-39-11(7-31)12(8-32)40-23/h3-6,31-32H,7-10H2,1-2H3. The summed E-state index contributed by atoms with van der Waals surface area (Å²) in [6.45, 7) is 0. The molecule has 9 rings (SSSR count). The van der Waals surface area contributed by atoms with E-state index in [1.54, 1.807) is 0 Å². The van der Waals surface area contributed by atoms with E-state index in [1.807, 2.05) is 259 Å². The van der Waals surface area contributed by atoms with Gasteiger partial charge < -0.3 is 0 Å². The first-order chi connectivity index (χ1) is 26.5. The largest absolute Gasteiger partial charge is 0.174 e. The Bertz CT molecular complexity index is 1950. The lowest BCUT2D eigenvalue weighted by Gasteiger charge is -2.09. The normalized spacial score (nSPS) is 24.8. The SMILES string of the molecule is CSC1=C(SC)SC(=CC=C2SC3=C(S2)SC(=C2SC4=C(SCSC5=C(SCS4)SC(=CC=C4SC6=C(S4)SC(=C4SC(CS)=C(CS)S4)S6)S5)S2)S3)S1. The fraction of sp³-hybridized carbons (Fsp3) is 0.200. The quantitative estimate of drug-likeness (QED) is 0.242. The topological polar surface area (TPSA) is 0 Å². The fourth-order valence-electron chi connectivity index (χ4n) is 4.40. The fourth-order valence-corrected chi connectivity index (χ4v) is 38.2. The number of hydrogen-bond acceptors (Lipinski definition) is 24. The van der Waals surface area contributed by atoms with Crippen LogP contribution in [0.3, 0.4) is 0 Å². The number of hydrogen-bond donors (Lipinski definition) is 2. The molecule has 9 aliphatic rings. The van der Waals surface area contributed by atoms with Gasteiger partial charge in [0.05, 0.1) is 76.3 Å². The van der Waals surface area contributed by atoms with E-state index in [9.17, 15) is 0 Å². The molecule has 0 saturated carbocycles. The Labute approximate surface area is 421 Å². The monoisotopic (exact) mass is 1150 g/mol. The number of thiol groups is 2. The van der Waals surface area contributed by atoms with Gasteiger partial charge in [-0.3, -0.25) is 0 Å². The van der Waals surface area contributed by atoms with E-state index < -0.39 is 0 Å². The third kappa shape index (κ3) is 10.5. The van der Waals surface area contributed by atoms with E-state index in [0.717, 1.165) is 21.7 Å². The molecule has 24 heteroatoms. The summed E-state index contributed by atoms with van der Waals surface area (Å²) >= 11 is 52.1. The molecule has 284 valence electrons. The zero-order valence-electron chi connectivity index (χ0n) is 27.0. The highest BCUT2D eigenvalue weighted by Gasteiger charge is 2.36. The van der Waals surface area contributed by atoms with Crippen molar-refractivity contribution in [2.45, 2.75) is 0 Å². The second-order valence-electron chi connectivity index (χ2n) is 9.98. The Morgan fingerprint density at radius 2 is 0.630 bits per heavy atom. The molecule has 0 aliphatic carbocycles. The van der Waals surface area contributed by atoms with Crippen molar-refractivity contribution < 1.29 is 0 Å². The minimum absolute atomic E-state index is 0.795. The maximum absolute atomic E-state index is 4.54. The zero-order valence-corrected chi connectivity index (χ0v) is 46.8. The predicted octanol–water partition coefficient (Wildman–Crippen LogP) is 19.7. The molecule has 54 heavy (non-hydrogen) atoms. The molecule has 9 aliphatic heterocycles. The lowest BCUT2D eigenvalue weighted by molar-refractivity contribution is 1.61. The molecule has 0 radical (unpaired) electrons. The van der Waals surface area contributed by atoms with Crippen LogP contribution in [-0.4, -0.2) is 34.2 Å². The summed E-state index contributed by atoms with van der Waals surface area (Å²) in [5, 5.41) is 2.10. The van der Waals surface area contributed by atoms with E-state index in [0.29, 0.717) is 0 Å². The molecular weight excluding hydrogens is 1130 g/mol. The van der Waals surface area contributed by atoms with Gasteiger partial charge in [0, 0.05) is 31.5 Å². The van der Waals surface area contributed by atoms with Gasteiger partial charge in [-0.05, 0) is 36.8 Å². The van der Waals surface area contributed by atoms with Crippen LogP contribution >= 0.6 is 284 Å². The van der Waals surface area contributed by atoms with Crippen LogP contribution in [0, 0.1) is 0 Å². The molecule has 0 N–H and O–H groups in total. The summed E-state index contributed by atoms with van der Waals surface area (Å²) in [6.07, 6.45) is 13.7. The van der Waals surface area contributed by atoms with E-state index in [-0.39, 0.29) is 0 Å². The molecule has 0 bridgehead atoms. The van der Waals surface area contributed by atoms with Crippen LogP contribution in [0.2, 0.25) is 0 Å². The first kappa shape index (κ1) is 44.5. The van der Waals surface area contributed by atoms with Crippen molar-refractivity contribution in [3.8, 4) is 0 Å². The minimum Gasteiger partial charge on any atom is -0.174 e. The smallest absolute Gasteiger partial charge is 0.0718 e. The molecule has 0 aromatic heterocycles. The Kier molecular flexibility index (Phi) is 17.4. The second-order valence-corrected chi connectivity index (χ2v) is 38.3. The summed E-state index contributed by atoms with van der Waals surface area (Å²) in [5.74, 6) is 1.59. The Hall–Kier alpha value is 5.28. The van der Waals surface area contributed by atoms with Crippen molar-refractivity contribution in [3.63, 3.8) is 0 Å². The maximum atomic E-state index is 4.54. The van der Waals surface area contributed by atoms with E-state index in [1.165, 1.54) is 86.1 Å². The van der Waals surface area contributed by atoms with Crippen molar-refractivity contribution in [2.24, 2.45) is 0 Å². The Morgan fingerprint density at radius 1 is 0.370 bits per heavy atom. The van der Waals surface area contributed by atoms with Gasteiger partial charge in [0.1, 0.15) is 0 Å². The van der Waals surface area contributed by atoms with Gasteiger partial charge in [0.2, 0.25) is 0 Å². The number of thioether (sulfide) groups is 22. The van der Waals surface area contributed by atoms with Crippen molar-refractivity contribution >= 4 is 284 Å². The maximum Gasteiger partial charge on any atom is 0.0718 e. The van der Waals surface area contributed by atoms with Crippen LogP contribution in [0.15, 0.2) is 110 Å². The molecule has 9 heterocycles. The van der Waals surface area contributed by atoms with Gasteiger partial charge >= 0.3 is 0 Å². The highest BCUT2D eigenvalue weighted by molar-refractivity contribution is 8.51. The number of rotatable bonds is 6. The summed E-state index contributed by atoms with van der Waals surface area (Å²) < 4.78 is 25.9. The molecule has 0 nitrogen and oxygen atoms in total. The van der Waals surface area contributed by atoms with E-state index >= 15 is 0 Å². The third-order valence-corrected chi connectivity index (χ3v) is 38.9. The number of allylic oxidation sites excluding steroid dienone is 4. The molecule has 0 aromatic rings. The van der Waals surface area contributed by atoms with Gasteiger partial charge in [-0.2, -0.15) is 25.3 Å². The van der Waals surface area contributed by atoms with Crippen molar-refractivity contribution in [1.82, 2.24) is 0 Å². The molecule has 0 spiro atoms. The first-order valence-electron chi connectivity index (χ1n) is 14.9. The molecular formula is C30H20S24. The molecule has 0 amide bonds. The molecule has 0 saturated heterocycles. The molecule has 0 aromatic carbocycles. The lowest BCUT2D eigenvalue weighted by atomic mass is 10.6.